The monoisotopic (exact) mass is 288 g/mol. The summed E-state index contributed by atoms with van der Waals surface area (Å²) in [6.45, 7) is 3.05. The Morgan fingerprint density at radius 2 is 1.95 bits per heavy atom. The summed E-state index contributed by atoms with van der Waals surface area (Å²) in [6.07, 6.45) is 9.64. The quantitative estimate of drug-likeness (QED) is 0.891. The smallest absolute Gasteiger partial charge is 0.128 e. The van der Waals surface area contributed by atoms with E-state index in [1.165, 1.54) is 38.5 Å². The highest BCUT2D eigenvalue weighted by molar-refractivity contribution is 5.38. The second-order valence-corrected chi connectivity index (χ2v) is 6.50. The molecule has 0 radical (unpaired) electrons. The lowest BCUT2D eigenvalue weighted by Crippen LogP contribution is -2.50. The molecule has 2 heterocycles. The van der Waals surface area contributed by atoms with E-state index in [9.17, 15) is 0 Å². The molecule has 3 N–H and O–H groups in total. The number of rotatable bonds is 4. The normalized spacial score (nSPS) is 27.8. The van der Waals surface area contributed by atoms with Crippen molar-refractivity contribution in [3.8, 4) is 0 Å². The molecule has 0 spiro atoms. The van der Waals surface area contributed by atoms with Crippen LogP contribution < -0.4 is 16.0 Å². The third-order valence-corrected chi connectivity index (χ3v) is 5.13. The number of pyridine rings is 1. The second kappa shape index (κ2) is 7.23. The molecule has 2 unspecified atom stereocenters. The van der Waals surface area contributed by atoms with Crippen LogP contribution >= 0.6 is 0 Å². The molecule has 116 valence electrons. The van der Waals surface area contributed by atoms with Crippen molar-refractivity contribution in [2.75, 3.05) is 24.5 Å². The highest BCUT2D eigenvalue weighted by Crippen LogP contribution is 2.25. The lowest BCUT2D eigenvalue weighted by atomic mass is 9.83. The summed E-state index contributed by atoms with van der Waals surface area (Å²) in [5.74, 6) is 1.81. The van der Waals surface area contributed by atoms with Crippen molar-refractivity contribution >= 4 is 5.82 Å². The van der Waals surface area contributed by atoms with E-state index in [-0.39, 0.29) is 0 Å². The Morgan fingerprint density at radius 1 is 1.14 bits per heavy atom. The fourth-order valence-electron chi connectivity index (χ4n) is 3.83. The number of anilines is 1. The summed E-state index contributed by atoms with van der Waals surface area (Å²) in [7, 11) is 0. The van der Waals surface area contributed by atoms with Gasteiger partial charge in [-0.05, 0) is 50.3 Å². The molecular weight excluding hydrogens is 260 g/mol. The molecule has 21 heavy (non-hydrogen) atoms. The van der Waals surface area contributed by atoms with Gasteiger partial charge in [-0.3, -0.25) is 0 Å². The molecule has 1 aromatic rings. The Kier molecular flexibility index (Phi) is 5.09. The summed E-state index contributed by atoms with van der Waals surface area (Å²) < 4.78 is 0. The van der Waals surface area contributed by atoms with Crippen LogP contribution in [0.4, 0.5) is 5.82 Å². The summed E-state index contributed by atoms with van der Waals surface area (Å²) >= 11 is 0. The zero-order valence-corrected chi connectivity index (χ0v) is 12.9. The molecule has 0 amide bonds. The maximum Gasteiger partial charge on any atom is 0.128 e. The van der Waals surface area contributed by atoms with Gasteiger partial charge in [-0.25, -0.2) is 4.98 Å². The van der Waals surface area contributed by atoms with Gasteiger partial charge in [0.15, 0.2) is 0 Å². The van der Waals surface area contributed by atoms with Gasteiger partial charge in [-0.1, -0.05) is 18.9 Å². The molecule has 0 bridgehead atoms. The maximum absolute atomic E-state index is 5.94. The van der Waals surface area contributed by atoms with Crippen molar-refractivity contribution in [2.45, 2.75) is 50.6 Å². The van der Waals surface area contributed by atoms with Gasteiger partial charge in [0.25, 0.3) is 0 Å². The van der Waals surface area contributed by atoms with E-state index in [0.717, 1.165) is 25.5 Å². The van der Waals surface area contributed by atoms with Crippen LogP contribution in [0.5, 0.6) is 0 Å². The van der Waals surface area contributed by atoms with Crippen LogP contribution in [0.1, 0.15) is 38.5 Å². The highest BCUT2D eigenvalue weighted by atomic mass is 15.2. The van der Waals surface area contributed by atoms with E-state index in [2.05, 4.69) is 27.3 Å². The van der Waals surface area contributed by atoms with E-state index < -0.39 is 0 Å². The van der Waals surface area contributed by atoms with E-state index in [1.807, 2.05) is 12.3 Å². The average molecular weight is 288 g/mol. The number of nitrogens with two attached hydrogens (primary N) is 1. The van der Waals surface area contributed by atoms with Crippen LogP contribution in [-0.4, -0.2) is 36.7 Å². The number of nitrogens with zero attached hydrogens (tertiary/aromatic N) is 2. The first-order chi connectivity index (χ1) is 10.4. The summed E-state index contributed by atoms with van der Waals surface area (Å²) in [5.41, 5.74) is 5.94. The van der Waals surface area contributed by atoms with Crippen molar-refractivity contribution in [3.63, 3.8) is 0 Å². The molecule has 1 aromatic heterocycles. The third kappa shape index (κ3) is 3.74. The fourth-order valence-corrected chi connectivity index (χ4v) is 3.83. The Hall–Kier alpha value is -1.13. The van der Waals surface area contributed by atoms with Crippen LogP contribution in [0.25, 0.3) is 0 Å². The first-order valence-electron chi connectivity index (χ1n) is 8.49. The van der Waals surface area contributed by atoms with E-state index in [1.54, 1.807) is 0 Å². The molecule has 2 fully saturated rings. The molecule has 1 aliphatic heterocycles. The van der Waals surface area contributed by atoms with Crippen molar-refractivity contribution in [2.24, 2.45) is 11.7 Å². The van der Waals surface area contributed by atoms with E-state index >= 15 is 0 Å². The Labute approximate surface area is 128 Å². The van der Waals surface area contributed by atoms with Crippen LogP contribution in [0.3, 0.4) is 0 Å². The Morgan fingerprint density at radius 3 is 2.67 bits per heavy atom. The molecule has 2 atom stereocenters. The zero-order chi connectivity index (χ0) is 14.5. The summed E-state index contributed by atoms with van der Waals surface area (Å²) in [6, 6.07) is 7.46. The SMILES string of the molecule is NCC1CCCCC1NC1CCN(c2ccccn2)CC1. The van der Waals surface area contributed by atoms with Gasteiger partial charge >= 0.3 is 0 Å². The van der Waals surface area contributed by atoms with Crippen LogP contribution in [0.2, 0.25) is 0 Å². The lowest BCUT2D eigenvalue weighted by Gasteiger charge is -2.38. The van der Waals surface area contributed by atoms with Crippen molar-refractivity contribution in [1.82, 2.24) is 10.3 Å². The molecule has 4 nitrogen and oxygen atoms in total. The zero-order valence-electron chi connectivity index (χ0n) is 12.9. The standard InChI is InChI=1S/C17H28N4/c18-13-14-5-1-2-6-16(14)20-15-8-11-21(12-9-15)17-7-3-4-10-19-17/h3-4,7,10,14-16,20H,1-2,5-6,8-9,11-13,18H2. The lowest BCUT2D eigenvalue weighted by molar-refractivity contribution is 0.234. The predicted molar refractivity (Wildman–Crippen MR) is 87.4 cm³/mol. The second-order valence-electron chi connectivity index (χ2n) is 6.50. The van der Waals surface area contributed by atoms with E-state index in [0.29, 0.717) is 18.0 Å². The molecule has 2 aliphatic rings. The molecule has 0 aromatic carbocycles. The number of nitrogens with one attached hydrogen (secondary N) is 1. The van der Waals surface area contributed by atoms with Gasteiger partial charge in [0.1, 0.15) is 5.82 Å². The van der Waals surface area contributed by atoms with Gasteiger partial charge in [-0.15, -0.1) is 0 Å². The minimum atomic E-state index is 0.648. The largest absolute Gasteiger partial charge is 0.357 e. The number of hydrogen-bond donors (Lipinski definition) is 2. The number of piperidine rings is 1. The Balaban J connectivity index is 1.49. The first kappa shape index (κ1) is 14.8. The number of hydrogen-bond acceptors (Lipinski definition) is 4. The summed E-state index contributed by atoms with van der Waals surface area (Å²) in [4.78, 5) is 6.86. The first-order valence-corrected chi connectivity index (χ1v) is 8.49. The molecule has 1 aliphatic carbocycles. The van der Waals surface area contributed by atoms with Gasteiger partial charge in [-0.2, -0.15) is 0 Å². The summed E-state index contributed by atoms with van der Waals surface area (Å²) in [5, 5.41) is 3.90. The fraction of sp³-hybridized carbons (Fsp3) is 0.706. The predicted octanol–water partition coefficient (Wildman–Crippen LogP) is 2.16. The third-order valence-electron chi connectivity index (χ3n) is 5.13. The van der Waals surface area contributed by atoms with E-state index in [4.69, 9.17) is 5.73 Å². The van der Waals surface area contributed by atoms with Crippen molar-refractivity contribution in [1.29, 1.82) is 0 Å². The van der Waals surface area contributed by atoms with Crippen LogP contribution in [-0.2, 0) is 0 Å². The molecular formula is C17H28N4. The van der Waals surface area contributed by atoms with Crippen LogP contribution in [0, 0.1) is 5.92 Å². The number of aromatic nitrogens is 1. The van der Waals surface area contributed by atoms with Gasteiger partial charge in [0.2, 0.25) is 0 Å². The highest BCUT2D eigenvalue weighted by Gasteiger charge is 2.28. The van der Waals surface area contributed by atoms with Crippen molar-refractivity contribution in [3.05, 3.63) is 24.4 Å². The molecule has 1 saturated heterocycles. The topological polar surface area (TPSA) is 54.2 Å². The maximum atomic E-state index is 5.94. The van der Waals surface area contributed by atoms with Gasteiger partial charge < -0.3 is 16.0 Å². The van der Waals surface area contributed by atoms with Crippen LogP contribution in [0.15, 0.2) is 24.4 Å². The van der Waals surface area contributed by atoms with Gasteiger partial charge in [0, 0.05) is 31.4 Å². The van der Waals surface area contributed by atoms with Crippen molar-refractivity contribution < 1.29 is 0 Å². The minimum absolute atomic E-state index is 0.648. The Bertz CT molecular complexity index is 414. The molecule has 3 rings (SSSR count). The van der Waals surface area contributed by atoms with Gasteiger partial charge in [0.05, 0.1) is 0 Å². The molecule has 1 saturated carbocycles. The molecule has 4 heteroatoms. The average Bonchev–Trinajstić information content (AvgIpc) is 2.57. The minimum Gasteiger partial charge on any atom is -0.357 e.